The number of nitrogens with zero attached hydrogens (tertiary/aromatic N) is 3. The summed E-state index contributed by atoms with van der Waals surface area (Å²) in [5, 5.41) is 0. The van der Waals surface area contributed by atoms with Gasteiger partial charge in [-0.05, 0) is 50.2 Å². The lowest BCUT2D eigenvalue weighted by atomic mass is 9.94. The van der Waals surface area contributed by atoms with Gasteiger partial charge in [-0.25, -0.2) is 4.79 Å². The van der Waals surface area contributed by atoms with E-state index in [0.717, 1.165) is 64.1 Å². The van der Waals surface area contributed by atoms with Crippen molar-refractivity contribution in [1.29, 1.82) is 0 Å². The van der Waals surface area contributed by atoms with Gasteiger partial charge in [-0.3, -0.25) is 4.79 Å². The van der Waals surface area contributed by atoms with Crippen LogP contribution in [0, 0.1) is 5.92 Å². The number of hydrogen-bond acceptors (Lipinski definition) is 4. The maximum absolute atomic E-state index is 12.5. The molecule has 1 aromatic carbocycles. The lowest BCUT2D eigenvalue weighted by molar-refractivity contribution is -0.118. The SMILES string of the molecule is CCOC(=O)N1CCC(CN2CCC(N3C(=O)Cc4ccccc43)CC2)CC1. The molecule has 3 aliphatic rings. The summed E-state index contributed by atoms with van der Waals surface area (Å²) in [6.45, 7) is 7.11. The Hall–Kier alpha value is -2.08. The average Bonchev–Trinajstić information content (AvgIpc) is 3.05. The first kappa shape index (κ1) is 19.2. The number of likely N-dealkylation sites (tertiary alicyclic amines) is 2. The lowest BCUT2D eigenvalue weighted by Gasteiger charge is -2.39. The average molecular weight is 386 g/mol. The van der Waals surface area contributed by atoms with E-state index in [1.54, 1.807) is 0 Å². The van der Waals surface area contributed by atoms with Crippen LogP contribution in [-0.2, 0) is 16.0 Å². The fourth-order valence-corrected chi connectivity index (χ4v) is 4.92. The summed E-state index contributed by atoms with van der Waals surface area (Å²) >= 11 is 0. The minimum absolute atomic E-state index is 0.169. The van der Waals surface area contributed by atoms with Gasteiger partial charge >= 0.3 is 6.09 Å². The number of amides is 2. The predicted octanol–water partition coefficient (Wildman–Crippen LogP) is 2.91. The predicted molar refractivity (Wildman–Crippen MR) is 108 cm³/mol. The number of piperidine rings is 2. The summed E-state index contributed by atoms with van der Waals surface area (Å²) in [7, 11) is 0. The number of ether oxygens (including phenoxy) is 1. The van der Waals surface area contributed by atoms with Crippen LogP contribution in [0.15, 0.2) is 24.3 Å². The Balaban J connectivity index is 1.24. The zero-order valence-corrected chi connectivity index (χ0v) is 16.8. The molecule has 0 spiro atoms. The highest BCUT2D eigenvalue weighted by atomic mass is 16.6. The van der Waals surface area contributed by atoms with Gasteiger partial charge in [0.15, 0.2) is 0 Å². The molecule has 3 heterocycles. The number of carbonyl (C=O) groups is 2. The first-order valence-corrected chi connectivity index (χ1v) is 10.7. The summed E-state index contributed by atoms with van der Waals surface area (Å²) in [6.07, 6.45) is 4.57. The molecule has 1 aromatic rings. The molecule has 152 valence electrons. The van der Waals surface area contributed by atoms with Crippen LogP contribution >= 0.6 is 0 Å². The standard InChI is InChI=1S/C22H31N3O3/c1-2-28-22(27)24-13-7-17(8-14-24)16-23-11-9-19(10-12-23)25-20-6-4-3-5-18(20)15-21(25)26/h3-6,17,19H,2,7-16H2,1H3. The number of benzene rings is 1. The molecule has 0 bridgehead atoms. The maximum atomic E-state index is 12.5. The minimum Gasteiger partial charge on any atom is -0.450 e. The van der Waals surface area contributed by atoms with Gasteiger partial charge in [0.2, 0.25) is 5.91 Å². The molecule has 0 atom stereocenters. The van der Waals surface area contributed by atoms with E-state index >= 15 is 0 Å². The first-order valence-electron chi connectivity index (χ1n) is 10.7. The quantitative estimate of drug-likeness (QED) is 0.800. The number of anilines is 1. The van der Waals surface area contributed by atoms with Crippen molar-refractivity contribution >= 4 is 17.7 Å². The van der Waals surface area contributed by atoms with Gasteiger partial charge in [0.25, 0.3) is 0 Å². The molecular formula is C22H31N3O3. The second-order valence-corrected chi connectivity index (χ2v) is 8.23. The molecule has 2 amide bonds. The molecule has 6 heteroatoms. The zero-order valence-electron chi connectivity index (χ0n) is 16.8. The van der Waals surface area contributed by atoms with Crippen LogP contribution in [0.25, 0.3) is 0 Å². The van der Waals surface area contributed by atoms with Gasteiger partial charge in [0, 0.05) is 44.5 Å². The molecule has 28 heavy (non-hydrogen) atoms. The highest BCUT2D eigenvalue weighted by Crippen LogP contribution is 2.33. The van der Waals surface area contributed by atoms with Crippen LogP contribution in [0.3, 0.4) is 0 Å². The molecule has 0 unspecified atom stereocenters. The summed E-state index contributed by atoms with van der Waals surface area (Å²) < 4.78 is 5.11. The van der Waals surface area contributed by atoms with Gasteiger partial charge in [-0.15, -0.1) is 0 Å². The Morgan fingerprint density at radius 1 is 1.07 bits per heavy atom. The van der Waals surface area contributed by atoms with Crippen molar-refractivity contribution in [3.63, 3.8) is 0 Å². The topological polar surface area (TPSA) is 53.1 Å². The summed E-state index contributed by atoms with van der Waals surface area (Å²) in [4.78, 5) is 30.8. The molecule has 3 aliphatic heterocycles. The maximum Gasteiger partial charge on any atom is 0.409 e. The zero-order chi connectivity index (χ0) is 19.5. The van der Waals surface area contributed by atoms with E-state index < -0.39 is 0 Å². The van der Waals surface area contributed by atoms with Crippen LogP contribution in [0.4, 0.5) is 10.5 Å². The molecule has 2 saturated heterocycles. The molecule has 4 rings (SSSR count). The highest BCUT2D eigenvalue weighted by molar-refractivity contribution is 6.01. The van der Waals surface area contributed by atoms with Crippen molar-refractivity contribution in [1.82, 2.24) is 9.80 Å². The van der Waals surface area contributed by atoms with Gasteiger partial charge < -0.3 is 19.4 Å². The van der Waals surface area contributed by atoms with Crippen molar-refractivity contribution < 1.29 is 14.3 Å². The number of fused-ring (bicyclic) bond motifs is 1. The first-order chi connectivity index (χ1) is 13.7. The third-order valence-electron chi connectivity index (χ3n) is 6.44. The number of hydrogen-bond donors (Lipinski definition) is 0. The van der Waals surface area contributed by atoms with Gasteiger partial charge in [0.1, 0.15) is 0 Å². The van der Waals surface area contributed by atoms with E-state index in [1.807, 2.05) is 24.0 Å². The molecule has 0 radical (unpaired) electrons. The van der Waals surface area contributed by atoms with E-state index in [9.17, 15) is 9.59 Å². The van der Waals surface area contributed by atoms with Gasteiger partial charge in [-0.1, -0.05) is 18.2 Å². The van der Waals surface area contributed by atoms with Crippen LogP contribution in [-0.4, -0.2) is 67.2 Å². The highest BCUT2D eigenvalue weighted by Gasteiger charge is 2.35. The summed E-state index contributed by atoms with van der Waals surface area (Å²) in [5.74, 6) is 0.905. The third kappa shape index (κ3) is 4.02. The van der Waals surface area contributed by atoms with Crippen molar-refractivity contribution in [3.05, 3.63) is 29.8 Å². The molecule has 6 nitrogen and oxygen atoms in total. The summed E-state index contributed by atoms with van der Waals surface area (Å²) in [5.41, 5.74) is 2.29. The van der Waals surface area contributed by atoms with E-state index in [0.29, 0.717) is 25.0 Å². The van der Waals surface area contributed by atoms with Crippen molar-refractivity contribution in [2.75, 3.05) is 44.2 Å². The van der Waals surface area contributed by atoms with Crippen LogP contribution in [0.5, 0.6) is 0 Å². The fraction of sp³-hybridized carbons (Fsp3) is 0.636. The van der Waals surface area contributed by atoms with E-state index in [2.05, 4.69) is 21.9 Å². The normalized spacial score (nSPS) is 21.8. The Kier molecular flexibility index (Phi) is 5.85. The number of para-hydroxylation sites is 1. The van der Waals surface area contributed by atoms with Crippen LogP contribution in [0.1, 0.15) is 38.2 Å². The smallest absolute Gasteiger partial charge is 0.409 e. The van der Waals surface area contributed by atoms with Gasteiger partial charge in [-0.2, -0.15) is 0 Å². The Morgan fingerprint density at radius 3 is 2.50 bits per heavy atom. The minimum atomic E-state index is -0.169. The van der Waals surface area contributed by atoms with Crippen LogP contribution < -0.4 is 4.90 Å². The molecule has 0 aromatic heterocycles. The second-order valence-electron chi connectivity index (χ2n) is 8.23. The van der Waals surface area contributed by atoms with E-state index in [1.165, 1.54) is 5.56 Å². The molecule has 2 fully saturated rings. The van der Waals surface area contributed by atoms with Crippen molar-refractivity contribution in [2.24, 2.45) is 5.92 Å². The Morgan fingerprint density at radius 2 is 1.79 bits per heavy atom. The molecule has 0 saturated carbocycles. The lowest BCUT2D eigenvalue weighted by Crippen LogP contribution is -2.48. The number of carbonyl (C=O) groups excluding carboxylic acids is 2. The van der Waals surface area contributed by atoms with E-state index in [4.69, 9.17) is 4.74 Å². The second kappa shape index (κ2) is 8.52. The Labute approximate surface area is 167 Å². The third-order valence-corrected chi connectivity index (χ3v) is 6.44. The monoisotopic (exact) mass is 385 g/mol. The molecular weight excluding hydrogens is 354 g/mol. The van der Waals surface area contributed by atoms with Crippen molar-refractivity contribution in [3.8, 4) is 0 Å². The Bertz CT molecular complexity index is 707. The fourth-order valence-electron chi connectivity index (χ4n) is 4.92. The van der Waals surface area contributed by atoms with Crippen LogP contribution in [0.2, 0.25) is 0 Å². The molecule has 0 aliphatic carbocycles. The summed E-state index contributed by atoms with van der Waals surface area (Å²) in [6, 6.07) is 8.54. The van der Waals surface area contributed by atoms with E-state index in [-0.39, 0.29) is 12.0 Å². The van der Waals surface area contributed by atoms with Crippen molar-refractivity contribution in [2.45, 2.75) is 45.1 Å². The number of rotatable bonds is 4. The van der Waals surface area contributed by atoms with Gasteiger partial charge in [0.05, 0.1) is 13.0 Å². The largest absolute Gasteiger partial charge is 0.450 e. The molecule has 0 N–H and O–H groups in total.